The van der Waals surface area contributed by atoms with Gasteiger partial charge in [0.1, 0.15) is 5.82 Å². The lowest BCUT2D eigenvalue weighted by molar-refractivity contribution is 0.109. The van der Waals surface area contributed by atoms with E-state index >= 15 is 0 Å². The van der Waals surface area contributed by atoms with Crippen molar-refractivity contribution in [2.24, 2.45) is 5.84 Å². The van der Waals surface area contributed by atoms with Gasteiger partial charge in [0.15, 0.2) is 5.82 Å². The minimum absolute atomic E-state index is 0.495. The molecule has 0 radical (unpaired) electrons. The van der Waals surface area contributed by atoms with E-state index in [1.807, 2.05) is 24.3 Å². The van der Waals surface area contributed by atoms with Crippen molar-refractivity contribution in [3.05, 3.63) is 41.1 Å². The fourth-order valence-corrected chi connectivity index (χ4v) is 2.49. The van der Waals surface area contributed by atoms with Crippen LogP contribution >= 0.6 is 0 Å². The number of aromatic nitrogens is 2. The molecule has 2 heterocycles. The highest BCUT2D eigenvalue weighted by molar-refractivity contribution is 5.63. The molecule has 0 spiro atoms. The molecule has 1 aliphatic rings. The van der Waals surface area contributed by atoms with Gasteiger partial charge < -0.3 is 14.9 Å². The Morgan fingerprint density at radius 3 is 3.00 bits per heavy atom. The van der Waals surface area contributed by atoms with Crippen LogP contribution in [0.15, 0.2) is 24.3 Å². The van der Waals surface area contributed by atoms with Gasteiger partial charge in [0.25, 0.3) is 0 Å². The summed E-state index contributed by atoms with van der Waals surface area (Å²) >= 11 is 0. The largest absolute Gasteiger partial charge is 0.380 e. The summed E-state index contributed by atoms with van der Waals surface area (Å²) in [6.07, 6.45) is 0.770. The van der Waals surface area contributed by atoms with E-state index in [0.717, 1.165) is 28.8 Å². The highest BCUT2D eigenvalue weighted by Gasteiger charge is 2.19. The van der Waals surface area contributed by atoms with E-state index in [2.05, 4.69) is 10.4 Å². The summed E-state index contributed by atoms with van der Waals surface area (Å²) in [6.45, 7) is 1.69. The number of nitrogens with two attached hydrogens (primary N) is 1. The van der Waals surface area contributed by atoms with Gasteiger partial charge in [-0.2, -0.15) is 0 Å². The Labute approximate surface area is 123 Å². The zero-order valence-corrected chi connectivity index (χ0v) is 11.9. The van der Waals surface area contributed by atoms with Crippen molar-refractivity contribution in [1.29, 1.82) is 0 Å². The molecule has 21 heavy (non-hydrogen) atoms. The van der Waals surface area contributed by atoms with Crippen LogP contribution in [0.4, 0.5) is 5.82 Å². The number of methoxy groups -OCH3 is 1. The van der Waals surface area contributed by atoms with Crippen LogP contribution in [0.25, 0.3) is 11.4 Å². The van der Waals surface area contributed by atoms with Crippen molar-refractivity contribution < 1.29 is 9.47 Å². The summed E-state index contributed by atoms with van der Waals surface area (Å²) in [5.74, 6) is 6.89. The first-order chi connectivity index (χ1) is 10.3. The molecule has 2 aromatic rings. The molecule has 1 aromatic heterocycles. The Balaban J connectivity index is 2.10. The average molecular weight is 286 g/mol. The van der Waals surface area contributed by atoms with Gasteiger partial charge in [-0.3, -0.25) is 0 Å². The van der Waals surface area contributed by atoms with Gasteiger partial charge in [0, 0.05) is 24.7 Å². The predicted molar refractivity (Wildman–Crippen MR) is 79.4 cm³/mol. The number of ether oxygens (including phenoxy) is 2. The molecule has 0 atom stereocenters. The van der Waals surface area contributed by atoms with Crippen LogP contribution in [0.1, 0.15) is 16.8 Å². The predicted octanol–water partition coefficient (Wildman–Crippen LogP) is 1.65. The molecule has 110 valence electrons. The van der Waals surface area contributed by atoms with Crippen LogP contribution in [0, 0.1) is 0 Å². The van der Waals surface area contributed by atoms with Gasteiger partial charge in [0.05, 0.1) is 25.5 Å². The number of hydrogen-bond acceptors (Lipinski definition) is 6. The first kappa shape index (κ1) is 13.9. The van der Waals surface area contributed by atoms with Crippen molar-refractivity contribution >= 4 is 5.82 Å². The van der Waals surface area contributed by atoms with E-state index in [-0.39, 0.29) is 0 Å². The molecule has 0 saturated heterocycles. The van der Waals surface area contributed by atoms with E-state index in [9.17, 15) is 0 Å². The molecule has 1 aromatic carbocycles. The van der Waals surface area contributed by atoms with E-state index < -0.39 is 0 Å². The van der Waals surface area contributed by atoms with Crippen molar-refractivity contribution in [3.63, 3.8) is 0 Å². The van der Waals surface area contributed by atoms with Crippen LogP contribution in [0.3, 0.4) is 0 Å². The van der Waals surface area contributed by atoms with E-state index in [0.29, 0.717) is 31.5 Å². The summed E-state index contributed by atoms with van der Waals surface area (Å²) in [5.41, 5.74) is 6.60. The second kappa shape index (κ2) is 6.17. The molecule has 3 rings (SSSR count). The number of nitrogens with zero attached hydrogens (tertiary/aromatic N) is 2. The highest BCUT2D eigenvalue weighted by Crippen LogP contribution is 2.27. The van der Waals surface area contributed by atoms with Gasteiger partial charge in [-0.1, -0.05) is 24.3 Å². The zero-order chi connectivity index (χ0) is 14.7. The van der Waals surface area contributed by atoms with E-state index in [1.165, 1.54) is 0 Å². The molecule has 0 unspecified atom stereocenters. The Hall–Kier alpha value is -2.02. The fourth-order valence-electron chi connectivity index (χ4n) is 2.49. The molecule has 0 bridgehead atoms. The van der Waals surface area contributed by atoms with Crippen LogP contribution in [-0.4, -0.2) is 23.7 Å². The second-order valence-electron chi connectivity index (χ2n) is 4.86. The van der Waals surface area contributed by atoms with Gasteiger partial charge in [-0.05, 0) is 5.56 Å². The fraction of sp³-hybridized carbons (Fsp3) is 0.333. The molecule has 6 heteroatoms. The zero-order valence-electron chi connectivity index (χ0n) is 11.9. The monoisotopic (exact) mass is 286 g/mol. The third kappa shape index (κ3) is 2.73. The lowest BCUT2D eigenvalue weighted by Gasteiger charge is -2.19. The highest BCUT2D eigenvalue weighted by atomic mass is 16.5. The van der Waals surface area contributed by atoms with Gasteiger partial charge in [0.2, 0.25) is 0 Å². The molecule has 1 aliphatic heterocycles. The molecule has 0 amide bonds. The van der Waals surface area contributed by atoms with E-state index in [4.69, 9.17) is 20.3 Å². The van der Waals surface area contributed by atoms with Crippen LogP contribution < -0.4 is 11.3 Å². The number of anilines is 1. The normalized spacial score (nSPS) is 13.8. The maximum atomic E-state index is 5.60. The maximum Gasteiger partial charge on any atom is 0.162 e. The summed E-state index contributed by atoms with van der Waals surface area (Å²) in [7, 11) is 1.68. The standard InChI is InChI=1S/C15H18N4O2/c1-20-8-10-4-2-3-5-11(10)14-17-13-6-7-21-9-12(13)15(18-14)19-16/h2-5H,6-9,16H2,1H3,(H,17,18,19). The lowest BCUT2D eigenvalue weighted by atomic mass is 10.1. The topological polar surface area (TPSA) is 82.3 Å². The van der Waals surface area contributed by atoms with Gasteiger partial charge >= 0.3 is 0 Å². The van der Waals surface area contributed by atoms with Crippen molar-refractivity contribution in [3.8, 4) is 11.4 Å². The quantitative estimate of drug-likeness (QED) is 0.657. The van der Waals surface area contributed by atoms with Gasteiger partial charge in [-0.15, -0.1) is 0 Å². The summed E-state index contributed by atoms with van der Waals surface area (Å²) in [4.78, 5) is 9.23. The summed E-state index contributed by atoms with van der Waals surface area (Å²) in [5, 5.41) is 0. The van der Waals surface area contributed by atoms with E-state index in [1.54, 1.807) is 7.11 Å². The molecule has 0 aliphatic carbocycles. The Bertz CT molecular complexity index is 628. The number of fused-ring (bicyclic) bond motifs is 1. The number of hydrazine groups is 1. The Morgan fingerprint density at radius 2 is 2.19 bits per heavy atom. The smallest absolute Gasteiger partial charge is 0.162 e. The molecule has 6 nitrogen and oxygen atoms in total. The molecular weight excluding hydrogens is 268 g/mol. The van der Waals surface area contributed by atoms with Crippen molar-refractivity contribution in [2.75, 3.05) is 19.1 Å². The lowest BCUT2D eigenvalue weighted by Crippen LogP contribution is -2.19. The average Bonchev–Trinajstić information content (AvgIpc) is 2.54. The first-order valence-electron chi connectivity index (χ1n) is 6.85. The number of benzene rings is 1. The molecule has 0 fully saturated rings. The summed E-state index contributed by atoms with van der Waals surface area (Å²) in [6, 6.07) is 7.96. The van der Waals surface area contributed by atoms with Crippen LogP contribution in [0.2, 0.25) is 0 Å². The third-order valence-corrected chi connectivity index (χ3v) is 3.52. The molecular formula is C15H18N4O2. The molecule has 0 saturated carbocycles. The number of rotatable bonds is 4. The minimum atomic E-state index is 0.495. The number of hydrogen-bond donors (Lipinski definition) is 2. The van der Waals surface area contributed by atoms with Crippen molar-refractivity contribution in [2.45, 2.75) is 19.6 Å². The van der Waals surface area contributed by atoms with Crippen LogP contribution in [-0.2, 0) is 29.1 Å². The minimum Gasteiger partial charge on any atom is -0.380 e. The maximum absolute atomic E-state index is 5.60. The van der Waals surface area contributed by atoms with Gasteiger partial charge in [-0.25, -0.2) is 15.8 Å². The SMILES string of the molecule is COCc1ccccc1-c1nc2c(c(NN)n1)COCC2. The first-order valence-corrected chi connectivity index (χ1v) is 6.85. The third-order valence-electron chi connectivity index (χ3n) is 3.52. The molecule has 3 N–H and O–H groups in total. The van der Waals surface area contributed by atoms with Crippen molar-refractivity contribution in [1.82, 2.24) is 9.97 Å². The number of nitrogens with one attached hydrogen (secondary N) is 1. The number of nitrogen functional groups attached to an aromatic ring is 1. The Kier molecular flexibility index (Phi) is 4.10. The Morgan fingerprint density at radius 1 is 1.33 bits per heavy atom. The summed E-state index contributed by atoms with van der Waals surface area (Å²) < 4.78 is 10.7. The second-order valence-corrected chi connectivity index (χ2v) is 4.86. The van der Waals surface area contributed by atoms with Crippen LogP contribution in [0.5, 0.6) is 0 Å².